The Kier molecular flexibility index (Phi) is 5.04. The van der Waals surface area contributed by atoms with Crippen molar-refractivity contribution in [3.63, 3.8) is 0 Å². The number of phenols is 2. The van der Waals surface area contributed by atoms with E-state index < -0.39 is 0 Å². The van der Waals surface area contributed by atoms with Crippen LogP contribution in [0.15, 0.2) is 36.4 Å². The predicted octanol–water partition coefficient (Wildman–Crippen LogP) is 3.68. The molecule has 25 heavy (non-hydrogen) atoms. The summed E-state index contributed by atoms with van der Waals surface area (Å²) in [4.78, 5) is 0. The molecule has 1 aliphatic heterocycles. The number of hydrogen-bond acceptors (Lipinski definition) is 5. The zero-order chi connectivity index (χ0) is 18.0. The standard InChI is InChI=1S/C20H24O5/c1-12-15(8-13-4-6-16(21)18(9-13)23-2)11-25-20(12)14-5-7-17(22)19(10-14)24-3/h4-7,9-10,12,15,20-22H,8,11H2,1-3H3/t12-,15+,20-/m1/s1. The van der Waals surface area contributed by atoms with Gasteiger partial charge in [0.15, 0.2) is 23.0 Å². The zero-order valence-electron chi connectivity index (χ0n) is 14.7. The summed E-state index contributed by atoms with van der Waals surface area (Å²) < 4.78 is 16.4. The molecule has 0 aromatic heterocycles. The van der Waals surface area contributed by atoms with Crippen molar-refractivity contribution < 1.29 is 24.4 Å². The Balaban J connectivity index is 1.74. The fraction of sp³-hybridized carbons (Fsp3) is 0.400. The first kappa shape index (κ1) is 17.4. The summed E-state index contributed by atoms with van der Waals surface area (Å²) in [7, 11) is 3.09. The van der Waals surface area contributed by atoms with Crippen LogP contribution in [-0.2, 0) is 11.2 Å². The van der Waals surface area contributed by atoms with Crippen LogP contribution in [0.3, 0.4) is 0 Å². The molecule has 1 aliphatic rings. The van der Waals surface area contributed by atoms with Gasteiger partial charge in [0.25, 0.3) is 0 Å². The van der Waals surface area contributed by atoms with E-state index in [0.29, 0.717) is 29.9 Å². The molecule has 1 saturated heterocycles. The van der Waals surface area contributed by atoms with Crippen LogP contribution in [0.25, 0.3) is 0 Å². The lowest BCUT2D eigenvalue weighted by Gasteiger charge is -2.20. The van der Waals surface area contributed by atoms with E-state index in [0.717, 1.165) is 17.5 Å². The van der Waals surface area contributed by atoms with Crippen molar-refractivity contribution in [3.8, 4) is 23.0 Å². The minimum Gasteiger partial charge on any atom is -0.504 e. The molecule has 2 N–H and O–H groups in total. The molecule has 0 spiro atoms. The number of hydrogen-bond donors (Lipinski definition) is 2. The highest BCUT2D eigenvalue weighted by Gasteiger charge is 2.35. The Bertz CT molecular complexity index is 743. The Hall–Kier alpha value is -2.40. The topological polar surface area (TPSA) is 68.2 Å². The Labute approximate surface area is 147 Å². The van der Waals surface area contributed by atoms with E-state index in [1.807, 2.05) is 24.3 Å². The number of ether oxygens (including phenoxy) is 3. The molecule has 2 aromatic carbocycles. The van der Waals surface area contributed by atoms with E-state index in [1.54, 1.807) is 26.4 Å². The Morgan fingerprint density at radius 1 is 1.00 bits per heavy atom. The van der Waals surface area contributed by atoms with Crippen molar-refractivity contribution in [2.45, 2.75) is 19.4 Å². The van der Waals surface area contributed by atoms with Gasteiger partial charge in [-0.1, -0.05) is 19.1 Å². The molecule has 1 fully saturated rings. The maximum absolute atomic E-state index is 9.76. The molecule has 1 heterocycles. The Morgan fingerprint density at radius 3 is 2.32 bits per heavy atom. The number of phenolic OH excluding ortho intramolecular Hbond substituents is 2. The maximum Gasteiger partial charge on any atom is 0.160 e. The fourth-order valence-corrected chi connectivity index (χ4v) is 3.45. The minimum atomic E-state index is -0.0292. The van der Waals surface area contributed by atoms with Gasteiger partial charge in [-0.15, -0.1) is 0 Å². The summed E-state index contributed by atoms with van der Waals surface area (Å²) in [5, 5.41) is 19.5. The molecular formula is C20H24O5. The van der Waals surface area contributed by atoms with E-state index in [1.165, 1.54) is 0 Å². The average molecular weight is 344 g/mol. The first-order valence-electron chi connectivity index (χ1n) is 8.38. The number of rotatable bonds is 5. The second kappa shape index (κ2) is 7.23. The maximum atomic E-state index is 9.76. The summed E-state index contributed by atoms with van der Waals surface area (Å²) in [5.41, 5.74) is 2.12. The molecule has 2 aromatic rings. The van der Waals surface area contributed by atoms with Crippen molar-refractivity contribution in [2.75, 3.05) is 20.8 Å². The smallest absolute Gasteiger partial charge is 0.160 e. The highest BCUT2D eigenvalue weighted by molar-refractivity contribution is 5.43. The SMILES string of the molecule is COc1cc(C[C@H]2CO[C@@H](c3ccc(O)c(OC)c3)[C@@H]2C)ccc1O. The van der Waals surface area contributed by atoms with Crippen molar-refractivity contribution in [3.05, 3.63) is 47.5 Å². The van der Waals surface area contributed by atoms with Gasteiger partial charge < -0.3 is 24.4 Å². The van der Waals surface area contributed by atoms with Crippen LogP contribution in [0.5, 0.6) is 23.0 Å². The molecule has 0 unspecified atom stereocenters. The lowest BCUT2D eigenvalue weighted by atomic mass is 9.85. The van der Waals surface area contributed by atoms with Crippen LogP contribution in [-0.4, -0.2) is 31.0 Å². The summed E-state index contributed by atoms with van der Waals surface area (Å²) in [6.07, 6.45) is 0.822. The molecule has 5 heteroatoms. The summed E-state index contributed by atoms with van der Waals surface area (Å²) >= 11 is 0. The van der Waals surface area contributed by atoms with E-state index in [-0.39, 0.29) is 17.6 Å². The zero-order valence-corrected chi connectivity index (χ0v) is 14.7. The number of methoxy groups -OCH3 is 2. The fourth-order valence-electron chi connectivity index (χ4n) is 3.45. The molecule has 3 rings (SSSR count). The summed E-state index contributed by atoms with van der Waals surface area (Å²) in [5.74, 6) is 1.90. The third-order valence-electron chi connectivity index (χ3n) is 4.99. The molecule has 134 valence electrons. The molecule has 3 atom stereocenters. The van der Waals surface area contributed by atoms with E-state index >= 15 is 0 Å². The van der Waals surface area contributed by atoms with Gasteiger partial charge in [0, 0.05) is 0 Å². The first-order chi connectivity index (χ1) is 12.0. The second-order valence-electron chi connectivity index (χ2n) is 6.51. The normalized spacial score (nSPS) is 22.8. The molecule has 0 saturated carbocycles. The predicted molar refractivity (Wildman–Crippen MR) is 94.4 cm³/mol. The van der Waals surface area contributed by atoms with Gasteiger partial charge in [0.1, 0.15) is 0 Å². The molecule has 0 amide bonds. The lowest BCUT2D eigenvalue weighted by molar-refractivity contribution is 0.0932. The number of aromatic hydroxyl groups is 2. The van der Waals surface area contributed by atoms with Gasteiger partial charge in [0.2, 0.25) is 0 Å². The molecule has 0 radical (unpaired) electrons. The van der Waals surface area contributed by atoms with E-state index in [4.69, 9.17) is 14.2 Å². The van der Waals surface area contributed by atoms with Gasteiger partial charge in [-0.2, -0.15) is 0 Å². The molecular weight excluding hydrogens is 320 g/mol. The monoisotopic (exact) mass is 344 g/mol. The van der Waals surface area contributed by atoms with Gasteiger partial charge in [-0.25, -0.2) is 0 Å². The first-order valence-corrected chi connectivity index (χ1v) is 8.38. The van der Waals surface area contributed by atoms with Crippen molar-refractivity contribution in [1.29, 1.82) is 0 Å². The summed E-state index contributed by atoms with van der Waals surface area (Å²) in [6.45, 7) is 2.84. The van der Waals surface area contributed by atoms with Gasteiger partial charge >= 0.3 is 0 Å². The van der Waals surface area contributed by atoms with Crippen LogP contribution in [0.2, 0.25) is 0 Å². The van der Waals surface area contributed by atoms with Crippen LogP contribution in [0, 0.1) is 11.8 Å². The Morgan fingerprint density at radius 2 is 1.64 bits per heavy atom. The molecule has 5 nitrogen and oxygen atoms in total. The lowest BCUT2D eigenvalue weighted by Crippen LogP contribution is -2.14. The molecule has 0 bridgehead atoms. The quantitative estimate of drug-likeness (QED) is 0.866. The van der Waals surface area contributed by atoms with Gasteiger partial charge in [0.05, 0.1) is 26.9 Å². The van der Waals surface area contributed by atoms with Crippen molar-refractivity contribution in [2.24, 2.45) is 11.8 Å². The highest BCUT2D eigenvalue weighted by atomic mass is 16.5. The highest BCUT2D eigenvalue weighted by Crippen LogP contribution is 2.42. The van der Waals surface area contributed by atoms with Crippen LogP contribution >= 0.6 is 0 Å². The largest absolute Gasteiger partial charge is 0.504 e. The third-order valence-corrected chi connectivity index (χ3v) is 4.99. The average Bonchev–Trinajstić information content (AvgIpc) is 2.97. The third kappa shape index (κ3) is 3.51. The number of benzene rings is 2. The minimum absolute atomic E-state index is 0.0292. The van der Waals surface area contributed by atoms with E-state index in [2.05, 4.69) is 6.92 Å². The summed E-state index contributed by atoms with van der Waals surface area (Å²) in [6, 6.07) is 10.8. The molecule has 0 aliphatic carbocycles. The van der Waals surface area contributed by atoms with Gasteiger partial charge in [-0.3, -0.25) is 0 Å². The van der Waals surface area contributed by atoms with E-state index in [9.17, 15) is 10.2 Å². The van der Waals surface area contributed by atoms with Gasteiger partial charge in [-0.05, 0) is 53.6 Å². The van der Waals surface area contributed by atoms with Crippen LogP contribution in [0.1, 0.15) is 24.2 Å². The van der Waals surface area contributed by atoms with Crippen molar-refractivity contribution >= 4 is 0 Å². The second-order valence-corrected chi connectivity index (χ2v) is 6.51. The van der Waals surface area contributed by atoms with Crippen LogP contribution in [0.4, 0.5) is 0 Å². The van der Waals surface area contributed by atoms with Crippen LogP contribution < -0.4 is 9.47 Å². The van der Waals surface area contributed by atoms with Crippen molar-refractivity contribution in [1.82, 2.24) is 0 Å².